The second kappa shape index (κ2) is 7.59. The molecule has 10 heteroatoms. The zero-order chi connectivity index (χ0) is 18.8. The smallest absolute Gasteiger partial charge is 0.406 e. The predicted octanol–water partition coefficient (Wildman–Crippen LogP) is 0.451. The van der Waals surface area contributed by atoms with Crippen molar-refractivity contribution in [2.24, 2.45) is 5.92 Å². The minimum Gasteiger partial charge on any atom is -0.480 e. The van der Waals surface area contributed by atoms with Crippen LogP contribution < -0.4 is 5.32 Å². The normalized spacial score (nSPS) is 26.7. The first-order chi connectivity index (χ1) is 11.6. The fourth-order valence-electron chi connectivity index (χ4n) is 3.31. The van der Waals surface area contributed by atoms with E-state index in [1.54, 1.807) is 4.90 Å². The molecule has 0 aromatic carbocycles. The van der Waals surface area contributed by atoms with Crippen LogP contribution in [0.2, 0.25) is 0 Å². The Bertz CT molecular complexity index is 535. The molecule has 2 rings (SSSR count). The molecule has 0 aromatic rings. The third-order valence-electron chi connectivity index (χ3n) is 4.68. The monoisotopic (exact) mass is 365 g/mol. The van der Waals surface area contributed by atoms with Gasteiger partial charge in [-0.3, -0.25) is 19.3 Å². The van der Waals surface area contributed by atoms with Crippen LogP contribution >= 0.6 is 0 Å². The van der Waals surface area contributed by atoms with Crippen LogP contribution in [-0.4, -0.2) is 77.1 Å². The summed E-state index contributed by atoms with van der Waals surface area (Å²) in [5, 5.41) is 11.6. The van der Waals surface area contributed by atoms with Crippen LogP contribution in [0.3, 0.4) is 0 Å². The molecular formula is C15H22F3N3O4. The van der Waals surface area contributed by atoms with E-state index in [1.807, 2.05) is 6.92 Å². The molecule has 1 saturated carbocycles. The third kappa shape index (κ3) is 5.32. The fourth-order valence-corrected chi connectivity index (χ4v) is 3.31. The highest BCUT2D eigenvalue weighted by atomic mass is 19.4. The number of carbonyl (C=O) groups is 3. The second-order valence-corrected chi connectivity index (χ2v) is 6.58. The Morgan fingerprint density at radius 3 is 2.52 bits per heavy atom. The summed E-state index contributed by atoms with van der Waals surface area (Å²) in [6.07, 6.45) is -3.49. The lowest BCUT2D eigenvalue weighted by Crippen LogP contribution is -2.55. The highest BCUT2D eigenvalue weighted by Crippen LogP contribution is 2.28. The van der Waals surface area contributed by atoms with Crippen LogP contribution in [0.15, 0.2) is 0 Å². The number of rotatable bonds is 7. The van der Waals surface area contributed by atoms with Crippen LogP contribution in [-0.2, 0) is 14.4 Å². The van der Waals surface area contributed by atoms with Crippen molar-refractivity contribution in [2.75, 3.05) is 26.2 Å². The van der Waals surface area contributed by atoms with E-state index in [4.69, 9.17) is 5.11 Å². The molecule has 142 valence electrons. The standard InChI is InChI=1S/C15H22F3N3O4/c1-2-20(7-13(23)24)11-4-10(5-11)19-14(25)9-3-12(22)21(6-9)8-15(16,17)18/h9-11H,2-8H2,1H3,(H,19,25)(H,23,24). The van der Waals surface area contributed by atoms with Gasteiger partial charge in [0, 0.05) is 25.0 Å². The van der Waals surface area contributed by atoms with Crippen molar-refractivity contribution in [3.8, 4) is 0 Å². The van der Waals surface area contributed by atoms with Crippen LogP contribution in [0.5, 0.6) is 0 Å². The number of aliphatic carboxylic acids is 1. The number of likely N-dealkylation sites (N-methyl/N-ethyl adjacent to an activating group) is 1. The van der Waals surface area contributed by atoms with Gasteiger partial charge in [0.15, 0.2) is 0 Å². The summed E-state index contributed by atoms with van der Waals surface area (Å²) in [5.41, 5.74) is 0. The maximum Gasteiger partial charge on any atom is 0.406 e. The van der Waals surface area contributed by atoms with Crippen molar-refractivity contribution in [1.29, 1.82) is 0 Å². The van der Waals surface area contributed by atoms with E-state index in [1.165, 1.54) is 0 Å². The van der Waals surface area contributed by atoms with E-state index in [0.29, 0.717) is 24.3 Å². The Morgan fingerprint density at radius 2 is 2.00 bits per heavy atom. The molecule has 0 aromatic heterocycles. The lowest BCUT2D eigenvalue weighted by Gasteiger charge is -2.42. The number of nitrogens with one attached hydrogen (secondary N) is 1. The van der Waals surface area contributed by atoms with E-state index < -0.39 is 36.4 Å². The van der Waals surface area contributed by atoms with Gasteiger partial charge in [-0.15, -0.1) is 0 Å². The number of amides is 2. The van der Waals surface area contributed by atoms with Crippen molar-refractivity contribution in [2.45, 2.75) is 44.4 Å². The summed E-state index contributed by atoms with van der Waals surface area (Å²) in [5.74, 6) is -2.76. The molecule has 0 radical (unpaired) electrons. The summed E-state index contributed by atoms with van der Waals surface area (Å²) in [6.45, 7) is 0.822. The zero-order valence-corrected chi connectivity index (χ0v) is 13.9. The topological polar surface area (TPSA) is 90.0 Å². The molecule has 25 heavy (non-hydrogen) atoms. The molecule has 2 aliphatic rings. The number of nitrogens with zero attached hydrogens (tertiary/aromatic N) is 2. The van der Waals surface area contributed by atoms with Crippen LogP contribution in [0.4, 0.5) is 13.2 Å². The van der Waals surface area contributed by atoms with Gasteiger partial charge in [0.05, 0.1) is 12.5 Å². The van der Waals surface area contributed by atoms with Crippen molar-refractivity contribution in [3.05, 3.63) is 0 Å². The first-order valence-electron chi connectivity index (χ1n) is 8.19. The molecule has 1 unspecified atom stereocenters. The van der Waals surface area contributed by atoms with E-state index >= 15 is 0 Å². The predicted molar refractivity (Wildman–Crippen MR) is 80.6 cm³/mol. The summed E-state index contributed by atoms with van der Waals surface area (Å²) >= 11 is 0. The number of carbonyl (C=O) groups excluding carboxylic acids is 2. The number of hydrogen-bond acceptors (Lipinski definition) is 4. The molecule has 7 nitrogen and oxygen atoms in total. The first-order valence-corrected chi connectivity index (χ1v) is 8.19. The van der Waals surface area contributed by atoms with Crippen LogP contribution in [0.1, 0.15) is 26.2 Å². The van der Waals surface area contributed by atoms with Gasteiger partial charge >= 0.3 is 12.1 Å². The van der Waals surface area contributed by atoms with E-state index in [-0.39, 0.29) is 31.6 Å². The molecule has 1 atom stereocenters. The zero-order valence-electron chi connectivity index (χ0n) is 13.9. The average Bonchev–Trinajstić information content (AvgIpc) is 2.79. The van der Waals surface area contributed by atoms with Crippen LogP contribution in [0, 0.1) is 5.92 Å². The minimum absolute atomic E-state index is 0.0641. The van der Waals surface area contributed by atoms with Gasteiger partial charge in [-0.1, -0.05) is 6.92 Å². The largest absolute Gasteiger partial charge is 0.480 e. The number of carboxylic acid groups (broad SMARTS) is 1. The number of carboxylic acids is 1. The molecular weight excluding hydrogens is 343 g/mol. The van der Waals surface area contributed by atoms with Gasteiger partial charge in [0.2, 0.25) is 11.8 Å². The molecule has 1 heterocycles. The molecule has 2 fully saturated rings. The average molecular weight is 365 g/mol. The van der Waals surface area contributed by atoms with Crippen molar-refractivity contribution in [3.63, 3.8) is 0 Å². The van der Waals surface area contributed by atoms with Gasteiger partial charge in [0.25, 0.3) is 0 Å². The highest BCUT2D eigenvalue weighted by molar-refractivity contribution is 5.89. The number of halogens is 3. The van der Waals surface area contributed by atoms with Crippen molar-refractivity contribution >= 4 is 17.8 Å². The maximum absolute atomic E-state index is 12.4. The molecule has 0 spiro atoms. The van der Waals surface area contributed by atoms with Gasteiger partial charge in [0.1, 0.15) is 6.54 Å². The third-order valence-corrected chi connectivity index (χ3v) is 4.68. The summed E-state index contributed by atoms with van der Waals surface area (Å²) < 4.78 is 37.2. The van der Waals surface area contributed by atoms with Crippen LogP contribution in [0.25, 0.3) is 0 Å². The van der Waals surface area contributed by atoms with Crippen molar-refractivity contribution < 1.29 is 32.7 Å². The molecule has 1 aliphatic heterocycles. The molecule has 1 saturated heterocycles. The second-order valence-electron chi connectivity index (χ2n) is 6.58. The van der Waals surface area contributed by atoms with Gasteiger partial charge in [-0.05, 0) is 19.4 Å². The summed E-state index contributed by atoms with van der Waals surface area (Å²) in [4.78, 5) is 37.0. The Kier molecular flexibility index (Phi) is 5.91. The van der Waals surface area contributed by atoms with E-state index in [9.17, 15) is 27.6 Å². The number of alkyl halides is 3. The van der Waals surface area contributed by atoms with Gasteiger partial charge in [-0.2, -0.15) is 13.2 Å². The molecule has 2 N–H and O–H groups in total. The Hall–Kier alpha value is -1.84. The Balaban J connectivity index is 1.77. The van der Waals surface area contributed by atoms with E-state index in [0.717, 1.165) is 0 Å². The maximum atomic E-state index is 12.4. The summed E-state index contributed by atoms with van der Waals surface area (Å²) in [6, 6.07) is -0.0644. The van der Waals surface area contributed by atoms with Gasteiger partial charge in [-0.25, -0.2) is 0 Å². The molecule has 2 amide bonds. The SMILES string of the molecule is CCN(CC(=O)O)C1CC(NC(=O)C2CC(=O)N(CC(F)(F)F)C2)C1. The minimum atomic E-state index is -4.48. The van der Waals surface area contributed by atoms with E-state index in [2.05, 4.69) is 5.32 Å². The lowest BCUT2D eigenvalue weighted by molar-refractivity contribution is -0.157. The summed E-state index contributed by atoms with van der Waals surface area (Å²) in [7, 11) is 0. The number of hydrogen-bond donors (Lipinski definition) is 2. The fraction of sp³-hybridized carbons (Fsp3) is 0.800. The first kappa shape index (κ1) is 19.5. The molecule has 1 aliphatic carbocycles. The quantitative estimate of drug-likeness (QED) is 0.684. The number of likely N-dealkylation sites (tertiary alicyclic amines) is 1. The van der Waals surface area contributed by atoms with Crippen molar-refractivity contribution in [1.82, 2.24) is 15.1 Å². The highest BCUT2D eigenvalue weighted by Gasteiger charge is 2.42. The Labute approximate surface area is 143 Å². The van der Waals surface area contributed by atoms with Gasteiger partial charge < -0.3 is 15.3 Å². The Morgan fingerprint density at radius 1 is 1.36 bits per heavy atom. The lowest BCUT2D eigenvalue weighted by atomic mass is 9.85. The molecule has 0 bridgehead atoms.